The van der Waals surface area contributed by atoms with Crippen molar-refractivity contribution in [2.24, 2.45) is 4.99 Å². The van der Waals surface area contributed by atoms with Crippen LogP contribution in [0.15, 0.2) is 55.8 Å². The van der Waals surface area contributed by atoms with Crippen LogP contribution in [0.5, 0.6) is 11.5 Å². The molecule has 10 heteroatoms. The second-order valence-electron chi connectivity index (χ2n) is 9.14. The smallest absolute Gasteiger partial charge is 0.338 e. The topological polar surface area (TPSA) is 95.5 Å². The highest BCUT2D eigenvalue weighted by atomic mass is 32.1. The summed E-state index contributed by atoms with van der Waals surface area (Å²) in [6.45, 7) is 5.65. The molecular weight excluding hydrogens is 506 g/mol. The number of furan rings is 1. The number of anilines is 1. The molecular formula is C28H31N3O6S. The summed E-state index contributed by atoms with van der Waals surface area (Å²) in [7, 11) is 3.10. The lowest BCUT2D eigenvalue weighted by Gasteiger charge is -2.25. The maximum atomic E-state index is 13.8. The van der Waals surface area contributed by atoms with Crippen molar-refractivity contribution in [2.45, 2.75) is 39.2 Å². The van der Waals surface area contributed by atoms with Crippen molar-refractivity contribution in [2.75, 3.05) is 38.8 Å². The summed E-state index contributed by atoms with van der Waals surface area (Å²) >= 11 is 1.26. The Kier molecular flexibility index (Phi) is 7.42. The van der Waals surface area contributed by atoms with Crippen molar-refractivity contribution < 1.29 is 23.4 Å². The van der Waals surface area contributed by atoms with Gasteiger partial charge in [0.2, 0.25) is 0 Å². The maximum Gasteiger partial charge on any atom is 0.338 e. The largest absolute Gasteiger partial charge is 0.493 e. The van der Waals surface area contributed by atoms with Gasteiger partial charge in [-0.15, -0.1) is 0 Å². The van der Waals surface area contributed by atoms with Gasteiger partial charge in [-0.05, 0) is 56.9 Å². The third-order valence-corrected chi connectivity index (χ3v) is 7.78. The molecule has 2 aliphatic heterocycles. The molecule has 0 aliphatic carbocycles. The SMILES string of the molecule is CCOC(=O)C1=C(C)N=c2sc(=Cc3ccc(N4CCCCC4)o3)c(=O)n2[C@H]1c1ccc(OC)c(OC)c1. The van der Waals surface area contributed by atoms with Crippen LogP contribution >= 0.6 is 11.3 Å². The van der Waals surface area contributed by atoms with E-state index in [0.29, 0.717) is 43.4 Å². The van der Waals surface area contributed by atoms with E-state index in [4.69, 9.17) is 18.6 Å². The van der Waals surface area contributed by atoms with Crippen molar-refractivity contribution >= 4 is 29.3 Å². The molecule has 1 atom stereocenters. The summed E-state index contributed by atoms with van der Waals surface area (Å²) < 4.78 is 24.4. The van der Waals surface area contributed by atoms with Crippen LogP contribution in [-0.4, -0.2) is 44.5 Å². The molecule has 5 rings (SSSR count). The van der Waals surface area contributed by atoms with E-state index in [-0.39, 0.29) is 12.2 Å². The summed E-state index contributed by atoms with van der Waals surface area (Å²) in [5, 5.41) is 0. The van der Waals surface area contributed by atoms with E-state index in [0.717, 1.165) is 31.8 Å². The minimum absolute atomic E-state index is 0.205. The molecule has 2 aliphatic rings. The number of benzene rings is 1. The zero-order valence-corrected chi connectivity index (χ0v) is 22.8. The van der Waals surface area contributed by atoms with Crippen LogP contribution in [0.2, 0.25) is 0 Å². The van der Waals surface area contributed by atoms with E-state index in [1.165, 1.54) is 17.8 Å². The Bertz CT molecular complexity index is 1560. The number of hydrogen-bond acceptors (Lipinski definition) is 9. The highest BCUT2D eigenvalue weighted by molar-refractivity contribution is 7.07. The summed E-state index contributed by atoms with van der Waals surface area (Å²) in [4.78, 5) is 34.3. The average molecular weight is 538 g/mol. The lowest BCUT2D eigenvalue weighted by atomic mass is 9.95. The Hall–Kier alpha value is -3.79. The normalized spacial score (nSPS) is 17.7. The van der Waals surface area contributed by atoms with Crippen molar-refractivity contribution in [1.82, 2.24) is 4.57 Å². The van der Waals surface area contributed by atoms with Crippen molar-refractivity contribution in [3.63, 3.8) is 0 Å². The number of piperidine rings is 1. The van der Waals surface area contributed by atoms with Gasteiger partial charge in [-0.1, -0.05) is 17.4 Å². The highest BCUT2D eigenvalue weighted by Crippen LogP contribution is 2.36. The summed E-state index contributed by atoms with van der Waals surface area (Å²) in [5.74, 6) is 1.93. The Morgan fingerprint density at radius 2 is 1.89 bits per heavy atom. The predicted molar refractivity (Wildman–Crippen MR) is 145 cm³/mol. The average Bonchev–Trinajstić information content (AvgIpc) is 3.52. The number of allylic oxidation sites excluding steroid dienone is 1. The van der Waals surface area contributed by atoms with Crippen LogP contribution in [0, 0.1) is 0 Å². The van der Waals surface area contributed by atoms with Gasteiger partial charge < -0.3 is 23.5 Å². The Labute approximate surface area is 224 Å². The predicted octanol–water partition coefficient (Wildman–Crippen LogP) is 3.40. The third kappa shape index (κ3) is 4.76. The van der Waals surface area contributed by atoms with E-state index < -0.39 is 12.0 Å². The number of hydrogen-bond donors (Lipinski definition) is 0. The maximum absolute atomic E-state index is 13.8. The fourth-order valence-corrected chi connectivity index (χ4v) is 5.99. The Morgan fingerprint density at radius 1 is 1.13 bits per heavy atom. The second kappa shape index (κ2) is 10.9. The molecule has 0 N–H and O–H groups in total. The number of ether oxygens (including phenoxy) is 3. The fourth-order valence-electron chi connectivity index (χ4n) is 4.96. The van der Waals surface area contributed by atoms with Crippen LogP contribution in [0.4, 0.5) is 5.88 Å². The van der Waals surface area contributed by atoms with Crippen LogP contribution < -0.4 is 29.3 Å². The molecule has 200 valence electrons. The fraction of sp³-hybridized carbons (Fsp3) is 0.393. The van der Waals surface area contributed by atoms with Crippen LogP contribution in [0.25, 0.3) is 6.08 Å². The van der Waals surface area contributed by atoms with E-state index >= 15 is 0 Å². The summed E-state index contributed by atoms with van der Waals surface area (Å²) in [5.41, 5.74) is 1.22. The number of carbonyl (C=O) groups excluding carboxylic acids is 1. The number of thiazole rings is 1. The molecule has 2 aromatic heterocycles. The van der Waals surface area contributed by atoms with Gasteiger partial charge in [-0.2, -0.15) is 0 Å². The standard InChI is InChI=1S/C28H31N3O6S/c1-5-36-27(33)24-17(2)29-28-31(25(24)18-9-11-20(34-3)21(15-18)35-4)26(32)22(38-28)16-19-10-12-23(37-19)30-13-7-6-8-14-30/h9-12,15-16,25H,5-8,13-14H2,1-4H3/t25-/m0/s1. The van der Waals surface area contributed by atoms with Gasteiger partial charge >= 0.3 is 5.97 Å². The van der Waals surface area contributed by atoms with Gasteiger partial charge in [-0.3, -0.25) is 9.36 Å². The van der Waals surface area contributed by atoms with Gasteiger partial charge in [0.15, 0.2) is 22.2 Å². The van der Waals surface area contributed by atoms with E-state index in [1.54, 1.807) is 50.8 Å². The molecule has 0 unspecified atom stereocenters. The van der Waals surface area contributed by atoms with E-state index in [2.05, 4.69) is 9.89 Å². The van der Waals surface area contributed by atoms with E-state index in [9.17, 15) is 9.59 Å². The molecule has 0 amide bonds. The molecule has 38 heavy (non-hydrogen) atoms. The van der Waals surface area contributed by atoms with Gasteiger partial charge in [0, 0.05) is 25.2 Å². The molecule has 4 heterocycles. The van der Waals surface area contributed by atoms with Crippen molar-refractivity contribution in [1.29, 1.82) is 0 Å². The van der Waals surface area contributed by atoms with E-state index in [1.807, 2.05) is 18.2 Å². The first-order chi connectivity index (χ1) is 18.4. The lowest BCUT2D eigenvalue weighted by Crippen LogP contribution is -2.39. The minimum Gasteiger partial charge on any atom is -0.493 e. The number of aromatic nitrogens is 1. The van der Waals surface area contributed by atoms with Crippen LogP contribution in [-0.2, 0) is 9.53 Å². The molecule has 0 saturated carbocycles. The Balaban J connectivity index is 1.63. The number of methoxy groups -OCH3 is 2. The van der Waals surface area contributed by atoms with Crippen molar-refractivity contribution in [3.05, 3.63) is 72.6 Å². The summed E-state index contributed by atoms with van der Waals surface area (Å²) in [6.07, 6.45) is 5.27. The number of esters is 1. The molecule has 1 aromatic carbocycles. The lowest BCUT2D eigenvalue weighted by molar-refractivity contribution is -0.139. The highest BCUT2D eigenvalue weighted by Gasteiger charge is 2.34. The monoisotopic (exact) mass is 537 g/mol. The number of carbonyl (C=O) groups is 1. The molecule has 3 aromatic rings. The van der Waals surface area contributed by atoms with Crippen molar-refractivity contribution in [3.8, 4) is 11.5 Å². The molecule has 1 fully saturated rings. The first kappa shape index (κ1) is 25.8. The summed E-state index contributed by atoms with van der Waals surface area (Å²) in [6, 6.07) is 8.43. The minimum atomic E-state index is -0.743. The molecule has 1 saturated heterocycles. The molecule has 9 nitrogen and oxygen atoms in total. The Morgan fingerprint density at radius 3 is 2.61 bits per heavy atom. The van der Waals surface area contributed by atoms with Gasteiger partial charge in [-0.25, -0.2) is 9.79 Å². The zero-order chi connectivity index (χ0) is 26.8. The first-order valence-corrected chi connectivity index (χ1v) is 13.5. The van der Waals surface area contributed by atoms with Gasteiger partial charge in [0.1, 0.15) is 5.76 Å². The third-order valence-electron chi connectivity index (χ3n) is 6.79. The number of rotatable bonds is 7. The number of fused-ring (bicyclic) bond motifs is 1. The number of nitrogens with zero attached hydrogens (tertiary/aromatic N) is 3. The van der Waals surface area contributed by atoms with Gasteiger partial charge in [0.05, 0.1) is 42.7 Å². The molecule has 0 radical (unpaired) electrons. The quantitative estimate of drug-likeness (QED) is 0.427. The van der Waals surface area contributed by atoms with Gasteiger partial charge in [0.25, 0.3) is 5.56 Å². The molecule has 0 bridgehead atoms. The van der Waals surface area contributed by atoms with Crippen LogP contribution in [0.1, 0.15) is 50.5 Å². The first-order valence-electron chi connectivity index (χ1n) is 12.7. The second-order valence-corrected chi connectivity index (χ2v) is 10.1. The zero-order valence-electron chi connectivity index (χ0n) is 22.0. The van der Waals surface area contributed by atoms with Crippen LogP contribution in [0.3, 0.4) is 0 Å². The molecule has 0 spiro atoms.